The summed E-state index contributed by atoms with van der Waals surface area (Å²) in [7, 11) is -2.27. The SMILES string of the molecule is COC(C)c1cccc(NS(=O)(=O)CCCC(F)(F)F)c1. The molecule has 1 unspecified atom stereocenters. The van der Waals surface area contributed by atoms with E-state index in [0.29, 0.717) is 5.69 Å². The molecule has 1 aromatic carbocycles. The molecule has 1 N–H and O–H groups in total. The number of hydrogen-bond acceptors (Lipinski definition) is 3. The van der Waals surface area contributed by atoms with Gasteiger partial charge in [0.2, 0.25) is 10.0 Å². The molecule has 8 heteroatoms. The van der Waals surface area contributed by atoms with Gasteiger partial charge in [0.15, 0.2) is 0 Å². The van der Waals surface area contributed by atoms with Crippen molar-refractivity contribution >= 4 is 15.7 Å². The van der Waals surface area contributed by atoms with E-state index in [1.165, 1.54) is 13.2 Å². The number of hydrogen-bond donors (Lipinski definition) is 1. The van der Waals surface area contributed by atoms with Crippen molar-refractivity contribution in [2.24, 2.45) is 0 Å². The van der Waals surface area contributed by atoms with Crippen LogP contribution in [-0.2, 0) is 14.8 Å². The van der Waals surface area contributed by atoms with Gasteiger partial charge in [-0.15, -0.1) is 0 Å². The van der Waals surface area contributed by atoms with E-state index >= 15 is 0 Å². The van der Waals surface area contributed by atoms with Gasteiger partial charge >= 0.3 is 6.18 Å². The van der Waals surface area contributed by atoms with Crippen LogP contribution in [0.5, 0.6) is 0 Å². The first-order valence-corrected chi connectivity index (χ1v) is 7.98. The van der Waals surface area contributed by atoms with E-state index in [4.69, 9.17) is 4.74 Å². The number of rotatable bonds is 7. The summed E-state index contributed by atoms with van der Waals surface area (Å²) in [5, 5.41) is 0. The highest BCUT2D eigenvalue weighted by Crippen LogP contribution is 2.23. The minimum atomic E-state index is -4.34. The minimum absolute atomic E-state index is 0.209. The number of alkyl halides is 3. The Balaban J connectivity index is 2.67. The molecule has 0 aliphatic carbocycles. The van der Waals surface area contributed by atoms with Crippen LogP contribution in [0.2, 0.25) is 0 Å². The molecule has 0 fully saturated rings. The number of sulfonamides is 1. The third-order valence-corrected chi connectivity index (χ3v) is 4.23. The van der Waals surface area contributed by atoms with Crippen molar-refractivity contribution in [1.82, 2.24) is 0 Å². The second-order valence-corrected chi connectivity index (χ2v) is 6.48. The maximum Gasteiger partial charge on any atom is 0.389 e. The van der Waals surface area contributed by atoms with Gasteiger partial charge in [-0.2, -0.15) is 13.2 Å². The molecule has 4 nitrogen and oxygen atoms in total. The van der Waals surface area contributed by atoms with Crippen LogP contribution in [-0.4, -0.2) is 27.5 Å². The molecular formula is C13H18F3NO3S. The van der Waals surface area contributed by atoms with Crippen molar-refractivity contribution in [3.63, 3.8) is 0 Å². The lowest BCUT2D eigenvalue weighted by Crippen LogP contribution is -2.19. The zero-order valence-corrected chi connectivity index (χ0v) is 12.6. The molecule has 0 bridgehead atoms. The third kappa shape index (κ3) is 6.81. The molecule has 0 saturated carbocycles. The summed E-state index contributed by atoms with van der Waals surface area (Å²) in [4.78, 5) is 0. The standard InChI is InChI=1S/C13H18F3NO3S/c1-10(20-2)11-5-3-6-12(9-11)17-21(18,19)8-4-7-13(14,15)16/h3,5-6,9-10,17H,4,7-8H2,1-2H3. The molecule has 0 spiro atoms. The fraction of sp³-hybridized carbons (Fsp3) is 0.538. The molecule has 1 atom stereocenters. The Morgan fingerprint density at radius 2 is 2.00 bits per heavy atom. The topological polar surface area (TPSA) is 55.4 Å². The minimum Gasteiger partial charge on any atom is -0.377 e. The quantitative estimate of drug-likeness (QED) is 0.835. The number of ether oxygens (including phenoxy) is 1. The van der Waals surface area contributed by atoms with Crippen LogP contribution in [0.15, 0.2) is 24.3 Å². The predicted octanol–water partition coefficient (Wildman–Crippen LogP) is 3.48. The smallest absolute Gasteiger partial charge is 0.377 e. The molecule has 120 valence electrons. The first-order chi connectivity index (χ1) is 9.63. The van der Waals surface area contributed by atoms with Crippen molar-refractivity contribution < 1.29 is 26.3 Å². The maximum absolute atomic E-state index is 12.0. The van der Waals surface area contributed by atoms with E-state index < -0.39 is 34.8 Å². The monoisotopic (exact) mass is 325 g/mol. The van der Waals surface area contributed by atoms with Gasteiger partial charge in [0.25, 0.3) is 0 Å². The van der Waals surface area contributed by atoms with Gasteiger partial charge in [0, 0.05) is 19.2 Å². The van der Waals surface area contributed by atoms with Crippen LogP contribution in [0.3, 0.4) is 0 Å². The Kier molecular flexibility index (Phi) is 6.03. The molecule has 0 aliphatic rings. The van der Waals surface area contributed by atoms with Gasteiger partial charge < -0.3 is 4.74 Å². The number of anilines is 1. The fourth-order valence-corrected chi connectivity index (χ4v) is 2.80. The van der Waals surface area contributed by atoms with Crippen molar-refractivity contribution in [3.05, 3.63) is 29.8 Å². The maximum atomic E-state index is 12.0. The first kappa shape index (κ1) is 17.8. The molecule has 0 amide bonds. The summed E-state index contributed by atoms with van der Waals surface area (Å²) in [6.07, 6.45) is -6.13. The number of methoxy groups -OCH3 is 1. The second-order valence-electron chi connectivity index (χ2n) is 4.64. The average Bonchev–Trinajstić information content (AvgIpc) is 2.35. The predicted molar refractivity (Wildman–Crippen MR) is 74.6 cm³/mol. The van der Waals surface area contributed by atoms with E-state index in [2.05, 4.69) is 4.72 Å². The number of nitrogens with one attached hydrogen (secondary N) is 1. The van der Waals surface area contributed by atoms with Gasteiger partial charge in [-0.25, -0.2) is 8.42 Å². The van der Waals surface area contributed by atoms with E-state index in [1.807, 2.05) is 0 Å². The summed E-state index contributed by atoms with van der Waals surface area (Å²) in [5.74, 6) is -0.573. The van der Waals surface area contributed by atoms with E-state index in [0.717, 1.165) is 5.56 Å². The summed E-state index contributed by atoms with van der Waals surface area (Å²) in [6, 6.07) is 6.55. The van der Waals surface area contributed by atoms with Gasteiger partial charge in [0.05, 0.1) is 11.9 Å². The molecule has 0 aliphatic heterocycles. The van der Waals surface area contributed by atoms with Gasteiger partial charge in [-0.05, 0) is 31.0 Å². The fourth-order valence-electron chi connectivity index (χ4n) is 1.68. The van der Waals surface area contributed by atoms with Crippen molar-refractivity contribution in [1.29, 1.82) is 0 Å². The molecule has 1 rings (SSSR count). The molecule has 0 aromatic heterocycles. The molecular weight excluding hydrogens is 307 g/mol. The molecule has 0 heterocycles. The van der Waals surface area contributed by atoms with Crippen molar-refractivity contribution in [3.8, 4) is 0 Å². The van der Waals surface area contributed by atoms with E-state index in [-0.39, 0.29) is 6.10 Å². The van der Waals surface area contributed by atoms with Crippen LogP contribution in [0.25, 0.3) is 0 Å². The summed E-state index contributed by atoms with van der Waals surface area (Å²) in [6.45, 7) is 1.80. The summed E-state index contributed by atoms with van der Waals surface area (Å²) in [5.41, 5.74) is 1.08. The molecule has 0 saturated heterocycles. The van der Waals surface area contributed by atoms with Crippen LogP contribution in [0, 0.1) is 0 Å². The second kappa shape index (κ2) is 7.13. The summed E-state index contributed by atoms with van der Waals surface area (Å²) < 4.78 is 66.9. The Morgan fingerprint density at radius 1 is 1.33 bits per heavy atom. The Bertz CT molecular complexity index is 558. The molecule has 0 radical (unpaired) electrons. The zero-order valence-electron chi connectivity index (χ0n) is 11.8. The van der Waals surface area contributed by atoms with Crippen LogP contribution < -0.4 is 4.72 Å². The first-order valence-electron chi connectivity index (χ1n) is 6.33. The zero-order chi connectivity index (χ0) is 16.1. The van der Waals surface area contributed by atoms with Gasteiger partial charge in [0.1, 0.15) is 0 Å². The van der Waals surface area contributed by atoms with E-state index in [1.54, 1.807) is 25.1 Å². The highest BCUT2D eigenvalue weighted by molar-refractivity contribution is 7.92. The van der Waals surface area contributed by atoms with Crippen LogP contribution >= 0.6 is 0 Å². The third-order valence-electron chi connectivity index (χ3n) is 2.86. The average molecular weight is 325 g/mol. The Morgan fingerprint density at radius 3 is 2.57 bits per heavy atom. The lowest BCUT2D eigenvalue weighted by molar-refractivity contribution is -0.134. The molecule has 21 heavy (non-hydrogen) atoms. The van der Waals surface area contributed by atoms with Crippen molar-refractivity contribution in [2.75, 3.05) is 17.6 Å². The highest BCUT2D eigenvalue weighted by Gasteiger charge is 2.27. The highest BCUT2D eigenvalue weighted by atomic mass is 32.2. The molecule has 1 aromatic rings. The largest absolute Gasteiger partial charge is 0.389 e. The lowest BCUT2D eigenvalue weighted by atomic mass is 10.1. The van der Waals surface area contributed by atoms with Crippen LogP contribution in [0.4, 0.5) is 18.9 Å². The van der Waals surface area contributed by atoms with Crippen molar-refractivity contribution in [2.45, 2.75) is 32.0 Å². The number of halogens is 3. The summed E-state index contributed by atoms with van der Waals surface area (Å²) >= 11 is 0. The normalized spacial score (nSPS) is 14.0. The lowest BCUT2D eigenvalue weighted by Gasteiger charge is -2.13. The Labute approximate surface area is 122 Å². The Hall–Kier alpha value is -1.28. The van der Waals surface area contributed by atoms with Crippen LogP contribution in [0.1, 0.15) is 31.4 Å². The van der Waals surface area contributed by atoms with Gasteiger partial charge in [-0.3, -0.25) is 4.72 Å². The van der Waals surface area contributed by atoms with E-state index in [9.17, 15) is 21.6 Å². The van der Waals surface area contributed by atoms with Gasteiger partial charge in [-0.1, -0.05) is 12.1 Å². The number of benzene rings is 1.